The molecule has 0 atom stereocenters. The summed E-state index contributed by atoms with van der Waals surface area (Å²) < 4.78 is 7.55. The molecule has 1 N–H and O–H groups in total. The van der Waals surface area contributed by atoms with Gasteiger partial charge in [-0.2, -0.15) is 0 Å². The molecule has 1 heterocycles. The lowest BCUT2D eigenvalue weighted by Crippen LogP contribution is -2.18. The number of carbonyl (C=O) groups excluding carboxylic acids is 1. The first kappa shape index (κ1) is 22.7. The summed E-state index contributed by atoms with van der Waals surface area (Å²) in [6.07, 6.45) is 2.34. The molecular weight excluding hydrogens is 488 g/mol. The largest absolute Gasteiger partial charge is 0.455 e. The van der Waals surface area contributed by atoms with Crippen molar-refractivity contribution in [2.24, 2.45) is 0 Å². The van der Waals surface area contributed by atoms with Crippen LogP contribution in [0.5, 0.6) is 0 Å². The van der Waals surface area contributed by atoms with Gasteiger partial charge in [0.25, 0.3) is 5.91 Å². The average Bonchev–Trinajstić information content (AvgIpc) is 3.61. The van der Waals surface area contributed by atoms with Gasteiger partial charge in [0.1, 0.15) is 11.3 Å². The van der Waals surface area contributed by atoms with E-state index < -0.39 is 0 Å². The normalized spacial score (nSPS) is 13.4. The van der Waals surface area contributed by atoms with E-state index in [9.17, 15) is 4.79 Å². The summed E-state index contributed by atoms with van der Waals surface area (Å²) in [6, 6.07) is 16.8. The fourth-order valence-corrected chi connectivity index (χ4v) is 4.90. The van der Waals surface area contributed by atoms with Crippen LogP contribution >= 0.6 is 15.9 Å². The molecule has 1 amide bonds. The van der Waals surface area contributed by atoms with Gasteiger partial charge in [-0.25, -0.2) is 0 Å². The Morgan fingerprint density at radius 1 is 1.03 bits per heavy atom. The van der Waals surface area contributed by atoms with Crippen molar-refractivity contribution in [1.82, 2.24) is 5.32 Å². The number of anilines is 2. The number of fused-ring (bicyclic) bond motifs is 1. The van der Waals surface area contributed by atoms with Crippen LogP contribution in [0.15, 0.2) is 57.4 Å². The Balaban J connectivity index is 1.72. The van der Waals surface area contributed by atoms with Crippen LogP contribution in [0.2, 0.25) is 0 Å². The zero-order chi connectivity index (χ0) is 24.1. The fraction of sp³-hybridized carbons (Fsp3) is 0.276. The maximum Gasteiger partial charge on any atom is 0.255 e. The summed E-state index contributed by atoms with van der Waals surface area (Å²) in [5, 5.41) is 3.68. The summed E-state index contributed by atoms with van der Waals surface area (Å²) in [6.45, 7) is 6.29. The van der Waals surface area contributed by atoms with Crippen molar-refractivity contribution in [3.05, 3.63) is 80.8 Å². The lowest BCUT2D eigenvalue weighted by Gasteiger charge is -2.24. The Labute approximate surface area is 209 Å². The monoisotopic (exact) mass is 516 g/mol. The fourth-order valence-electron chi connectivity index (χ4n) is 4.68. The first-order valence-electron chi connectivity index (χ1n) is 11.7. The smallest absolute Gasteiger partial charge is 0.255 e. The summed E-state index contributed by atoms with van der Waals surface area (Å²) in [4.78, 5) is 15.3. The van der Waals surface area contributed by atoms with Crippen LogP contribution in [0, 0.1) is 20.8 Å². The molecule has 1 aliphatic rings. The number of carbonyl (C=O) groups is 1. The third-order valence-electron chi connectivity index (χ3n) is 6.79. The zero-order valence-corrected chi connectivity index (χ0v) is 21.8. The van der Waals surface area contributed by atoms with E-state index in [2.05, 4.69) is 78.2 Å². The van der Waals surface area contributed by atoms with Crippen LogP contribution in [0.1, 0.15) is 51.4 Å². The van der Waals surface area contributed by atoms with Crippen molar-refractivity contribution in [3.8, 4) is 11.3 Å². The molecule has 0 radical (unpaired) electrons. The number of amides is 1. The molecule has 1 fully saturated rings. The van der Waals surface area contributed by atoms with Gasteiger partial charge in [0.15, 0.2) is 0 Å². The molecule has 0 saturated heterocycles. The second-order valence-electron chi connectivity index (χ2n) is 9.39. The van der Waals surface area contributed by atoms with Crippen LogP contribution in [-0.2, 0) is 0 Å². The van der Waals surface area contributed by atoms with Crippen molar-refractivity contribution in [2.75, 3.05) is 19.0 Å². The van der Waals surface area contributed by atoms with Crippen LogP contribution in [-0.4, -0.2) is 20.0 Å². The third kappa shape index (κ3) is 3.92. The third-order valence-corrected chi connectivity index (χ3v) is 8.04. The molecule has 1 saturated carbocycles. The number of hydrogen-bond donors (Lipinski definition) is 1. The first-order valence-corrected chi connectivity index (χ1v) is 12.5. The highest BCUT2D eigenvalue weighted by molar-refractivity contribution is 9.10. The van der Waals surface area contributed by atoms with Crippen molar-refractivity contribution in [3.63, 3.8) is 0 Å². The van der Waals surface area contributed by atoms with Gasteiger partial charge in [0, 0.05) is 47.0 Å². The summed E-state index contributed by atoms with van der Waals surface area (Å²) in [7, 11) is 3.78. The Morgan fingerprint density at radius 3 is 2.26 bits per heavy atom. The maximum absolute atomic E-state index is 13.0. The van der Waals surface area contributed by atoms with E-state index in [0.29, 0.717) is 17.2 Å². The van der Waals surface area contributed by atoms with Gasteiger partial charge in [0.05, 0.1) is 5.56 Å². The van der Waals surface area contributed by atoms with Crippen molar-refractivity contribution in [2.45, 2.75) is 39.5 Å². The molecule has 5 rings (SSSR count). The second kappa shape index (κ2) is 8.62. The van der Waals surface area contributed by atoms with E-state index in [1.54, 1.807) is 7.05 Å². The zero-order valence-electron chi connectivity index (χ0n) is 20.3. The Morgan fingerprint density at radius 2 is 1.68 bits per heavy atom. The van der Waals surface area contributed by atoms with Gasteiger partial charge in [0.2, 0.25) is 0 Å². The summed E-state index contributed by atoms with van der Waals surface area (Å²) in [5.41, 5.74) is 9.35. The predicted octanol–water partition coefficient (Wildman–Crippen LogP) is 7.79. The van der Waals surface area contributed by atoms with E-state index in [1.165, 1.54) is 35.1 Å². The van der Waals surface area contributed by atoms with E-state index in [4.69, 9.17) is 4.42 Å². The molecule has 3 aromatic carbocycles. The van der Waals surface area contributed by atoms with Gasteiger partial charge in [-0.1, -0.05) is 45.8 Å². The molecule has 4 aromatic rings. The number of rotatable bonds is 5. The Hall–Kier alpha value is -3.05. The Kier molecular flexibility index (Phi) is 5.76. The highest BCUT2D eigenvalue weighted by Crippen LogP contribution is 2.48. The van der Waals surface area contributed by atoms with E-state index in [-0.39, 0.29) is 5.91 Å². The molecule has 0 unspecified atom stereocenters. The average molecular weight is 517 g/mol. The van der Waals surface area contributed by atoms with Crippen LogP contribution in [0.3, 0.4) is 0 Å². The SMILES string of the molecule is CNC(=O)c1c(-c2ccc(C)cc2)oc2cc(N(C)c3cc(C)c(Br)c(C)c3)c(C3CC3)cc12. The predicted molar refractivity (Wildman–Crippen MR) is 143 cm³/mol. The van der Waals surface area contributed by atoms with Crippen LogP contribution in [0.25, 0.3) is 22.3 Å². The van der Waals surface area contributed by atoms with Gasteiger partial charge in [-0.15, -0.1) is 0 Å². The lowest BCUT2D eigenvalue weighted by molar-refractivity contribution is 0.0964. The number of nitrogens with zero attached hydrogens (tertiary/aromatic N) is 1. The number of benzene rings is 3. The molecule has 174 valence electrons. The second-order valence-corrected chi connectivity index (χ2v) is 10.2. The summed E-state index contributed by atoms with van der Waals surface area (Å²) >= 11 is 3.69. The standard InChI is InChI=1S/C29H29BrN2O2/c1-16-6-8-20(9-7-16)28-26(29(33)31-4)23-14-22(19-10-11-19)24(15-25(23)34-28)32(5)21-12-17(2)27(30)18(3)13-21/h6-9,12-15,19H,10-11H2,1-5H3,(H,31,33). The molecule has 0 bridgehead atoms. The number of hydrogen-bond acceptors (Lipinski definition) is 3. The minimum atomic E-state index is -0.128. The molecule has 0 aliphatic heterocycles. The van der Waals surface area contributed by atoms with Crippen LogP contribution < -0.4 is 10.2 Å². The molecule has 34 heavy (non-hydrogen) atoms. The Bertz CT molecular complexity index is 1390. The highest BCUT2D eigenvalue weighted by atomic mass is 79.9. The quantitative estimate of drug-likeness (QED) is 0.294. The highest BCUT2D eigenvalue weighted by Gasteiger charge is 2.31. The minimum absolute atomic E-state index is 0.128. The van der Waals surface area contributed by atoms with Gasteiger partial charge in [-0.05, 0) is 74.4 Å². The molecule has 4 nitrogen and oxygen atoms in total. The molecule has 5 heteroatoms. The van der Waals surface area contributed by atoms with E-state index in [0.717, 1.165) is 32.4 Å². The molecule has 0 spiro atoms. The molecular formula is C29H29BrN2O2. The maximum atomic E-state index is 13.0. The lowest BCUT2D eigenvalue weighted by atomic mass is 9.99. The molecule has 1 aromatic heterocycles. The van der Waals surface area contributed by atoms with Gasteiger partial charge in [-0.3, -0.25) is 4.79 Å². The van der Waals surface area contributed by atoms with Gasteiger partial charge < -0.3 is 14.6 Å². The minimum Gasteiger partial charge on any atom is -0.455 e. The first-order chi connectivity index (χ1) is 16.3. The number of halogens is 1. The van der Waals surface area contributed by atoms with E-state index in [1.807, 2.05) is 24.3 Å². The number of aryl methyl sites for hydroxylation is 3. The van der Waals surface area contributed by atoms with Crippen molar-refractivity contribution < 1.29 is 9.21 Å². The van der Waals surface area contributed by atoms with Crippen LogP contribution in [0.4, 0.5) is 11.4 Å². The van der Waals surface area contributed by atoms with Gasteiger partial charge >= 0.3 is 0 Å². The summed E-state index contributed by atoms with van der Waals surface area (Å²) in [5.74, 6) is 0.998. The van der Waals surface area contributed by atoms with Crippen molar-refractivity contribution >= 4 is 44.2 Å². The topological polar surface area (TPSA) is 45.5 Å². The van der Waals surface area contributed by atoms with E-state index >= 15 is 0 Å². The number of nitrogens with one attached hydrogen (secondary N) is 1. The molecule has 1 aliphatic carbocycles. The van der Waals surface area contributed by atoms with Crippen molar-refractivity contribution in [1.29, 1.82) is 0 Å². The number of furan rings is 1.